The van der Waals surface area contributed by atoms with E-state index in [1.807, 2.05) is 12.3 Å². The molecular formula is C32H24N2O. The minimum Gasteiger partial charge on any atom is -0.456 e. The number of nitrogens with one attached hydrogen (secondary N) is 2. The number of hydrogen-bond acceptors (Lipinski definition) is 3. The van der Waals surface area contributed by atoms with Crippen LogP contribution in [0.4, 0.5) is 0 Å². The van der Waals surface area contributed by atoms with Gasteiger partial charge in [-0.3, -0.25) is 0 Å². The second kappa shape index (κ2) is 8.07. The molecule has 1 aromatic heterocycles. The van der Waals surface area contributed by atoms with Crippen LogP contribution in [0, 0.1) is 0 Å². The highest BCUT2D eigenvalue weighted by molar-refractivity contribution is 6.13. The fraction of sp³-hybridized carbons (Fsp3) is 0.0625. The van der Waals surface area contributed by atoms with Gasteiger partial charge in [-0.05, 0) is 58.5 Å². The molecular weight excluding hydrogens is 428 g/mol. The van der Waals surface area contributed by atoms with Crippen LogP contribution in [0.25, 0.3) is 43.8 Å². The fourth-order valence-electron chi connectivity index (χ4n) is 5.27. The maximum atomic E-state index is 6.58. The Morgan fingerprint density at radius 2 is 1.51 bits per heavy atom. The summed E-state index contributed by atoms with van der Waals surface area (Å²) in [7, 11) is 0. The van der Waals surface area contributed by atoms with Crippen LogP contribution in [0.2, 0.25) is 0 Å². The summed E-state index contributed by atoms with van der Waals surface area (Å²) in [6.45, 7) is 0. The molecule has 3 heteroatoms. The largest absolute Gasteiger partial charge is 0.456 e. The molecule has 168 valence electrons. The third-order valence-electron chi connectivity index (χ3n) is 6.96. The summed E-state index contributed by atoms with van der Waals surface area (Å²) in [5.41, 5.74) is 6.57. The third-order valence-corrected chi connectivity index (χ3v) is 6.96. The van der Waals surface area contributed by atoms with E-state index in [9.17, 15) is 0 Å². The highest BCUT2D eigenvalue weighted by Crippen LogP contribution is 2.41. The standard InChI is InChI=1S/C32H24N2O/c1-2-9-21(10-3-1)22-16-17-30-25(19-22)26-20-23-11-4-5-12-24(23)31(32(26)35-30)29-15-8-14-28(34-29)27-13-6-7-18-33-27/h1-20,27,29,33-34H. The van der Waals surface area contributed by atoms with Crippen molar-refractivity contribution in [1.82, 2.24) is 10.6 Å². The molecule has 0 radical (unpaired) electrons. The van der Waals surface area contributed by atoms with Crippen molar-refractivity contribution in [3.05, 3.63) is 133 Å². The van der Waals surface area contributed by atoms with Crippen molar-refractivity contribution >= 4 is 32.7 Å². The lowest BCUT2D eigenvalue weighted by molar-refractivity contribution is 0.614. The van der Waals surface area contributed by atoms with Gasteiger partial charge in [-0.25, -0.2) is 0 Å². The number of allylic oxidation sites excluding steroid dienone is 4. The van der Waals surface area contributed by atoms with Crippen molar-refractivity contribution in [2.45, 2.75) is 12.1 Å². The third kappa shape index (κ3) is 3.36. The van der Waals surface area contributed by atoms with Gasteiger partial charge in [0, 0.05) is 22.0 Å². The van der Waals surface area contributed by atoms with E-state index in [2.05, 4.69) is 120 Å². The molecule has 0 fully saturated rings. The number of furan rings is 1. The zero-order valence-electron chi connectivity index (χ0n) is 19.1. The summed E-state index contributed by atoms with van der Waals surface area (Å²) >= 11 is 0. The number of fused-ring (bicyclic) bond motifs is 4. The molecule has 0 saturated carbocycles. The molecule has 2 aliphatic rings. The normalized spacial score (nSPS) is 19.1. The maximum absolute atomic E-state index is 6.58. The Bertz CT molecular complexity index is 1700. The summed E-state index contributed by atoms with van der Waals surface area (Å²) in [5.74, 6) is 0. The lowest BCUT2D eigenvalue weighted by Crippen LogP contribution is -2.35. The van der Waals surface area contributed by atoms with Gasteiger partial charge in [0.15, 0.2) is 0 Å². The number of hydrogen-bond donors (Lipinski definition) is 2. The van der Waals surface area contributed by atoms with Gasteiger partial charge in [0.25, 0.3) is 0 Å². The molecule has 0 amide bonds. The summed E-state index contributed by atoms with van der Waals surface area (Å²) in [4.78, 5) is 0. The second-order valence-corrected chi connectivity index (χ2v) is 9.08. The highest BCUT2D eigenvalue weighted by Gasteiger charge is 2.24. The molecule has 3 nitrogen and oxygen atoms in total. The fourth-order valence-corrected chi connectivity index (χ4v) is 5.27. The zero-order chi connectivity index (χ0) is 23.2. The molecule has 2 aliphatic heterocycles. The molecule has 2 atom stereocenters. The molecule has 0 spiro atoms. The van der Waals surface area contributed by atoms with Gasteiger partial charge in [-0.2, -0.15) is 0 Å². The average Bonchev–Trinajstić information content (AvgIpc) is 3.30. The minimum absolute atomic E-state index is 0.00105. The van der Waals surface area contributed by atoms with Gasteiger partial charge in [-0.15, -0.1) is 0 Å². The van der Waals surface area contributed by atoms with Crippen LogP contribution in [0.15, 0.2) is 132 Å². The van der Waals surface area contributed by atoms with Crippen LogP contribution in [0.1, 0.15) is 11.6 Å². The average molecular weight is 453 g/mol. The molecule has 3 heterocycles. The van der Waals surface area contributed by atoms with Crippen LogP contribution in [-0.2, 0) is 0 Å². The van der Waals surface area contributed by atoms with E-state index in [1.165, 1.54) is 27.5 Å². The minimum atomic E-state index is -0.00105. The van der Waals surface area contributed by atoms with E-state index in [4.69, 9.17) is 4.42 Å². The Kier molecular flexibility index (Phi) is 4.59. The van der Waals surface area contributed by atoms with E-state index in [-0.39, 0.29) is 12.1 Å². The number of dihydropyridines is 2. The summed E-state index contributed by atoms with van der Waals surface area (Å²) < 4.78 is 6.58. The summed E-state index contributed by atoms with van der Waals surface area (Å²) in [5, 5.41) is 11.9. The van der Waals surface area contributed by atoms with Gasteiger partial charge in [0.1, 0.15) is 11.2 Å². The topological polar surface area (TPSA) is 37.2 Å². The Morgan fingerprint density at radius 3 is 2.40 bits per heavy atom. The van der Waals surface area contributed by atoms with Gasteiger partial charge in [0.05, 0.1) is 12.1 Å². The molecule has 0 saturated heterocycles. The van der Waals surface area contributed by atoms with E-state index >= 15 is 0 Å². The molecule has 0 bridgehead atoms. The number of benzene rings is 4. The first-order valence-corrected chi connectivity index (χ1v) is 12.0. The smallest absolute Gasteiger partial charge is 0.141 e. The lowest BCUT2D eigenvalue weighted by Gasteiger charge is -2.28. The molecule has 2 unspecified atom stereocenters. The summed E-state index contributed by atoms with van der Waals surface area (Å²) in [6, 6.07) is 28.0. The van der Waals surface area contributed by atoms with Crippen molar-refractivity contribution in [2.75, 3.05) is 0 Å². The van der Waals surface area contributed by atoms with Crippen LogP contribution in [-0.4, -0.2) is 6.04 Å². The molecule has 2 N–H and O–H groups in total. The van der Waals surface area contributed by atoms with Crippen LogP contribution < -0.4 is 10.6 Å². The first-order chi connectivity index (χ1) is 17.3. The Labute approximate surface area is 203 Å². The van der Waals surface area contributed by atoms with Crippen molar-refractivity contribution in [3.63, 3.8) is 0 Å². The van der Waals surface area contributed by atoms with Gasteiger partial charge >= 0.3 is 0 Å². The highest BCUT2D eigenvalue weighted by atomic mass is 16.3. The van der Waals surface area contributed by atoms with E-state index in [1.54, 1.807) is 0 Å². The van der Waals surface area contributed by atoms with Gasteiger partial charge in [-0.1, -0.05) is 85.0 Å². The maximum Gasteiger partial charge on any atom is 0.141 e. The first-order valence-electron chi connectivity index (χ1n) is 12.0. The van der Waals surface area contributed by atoms with E-state index < -0.39 is 0 Å². The lowest BCUT2D eigenvalue weighted by atomic mass is 9.93. The van der Waals surface area contributed by atoms with Crippen molar-refractivity contribution in [3.8, 4) is 11.1 Å². The Hall–Kier alpha value is -4.50. The van der Waals surface area contributed by atoms with Crippen molar-refractivity contribution in [1.29, 1.82) is 0 Å². The SMILES string of the molecule is C1=CNC(C2=CC=CC(c3c4ccccc4cc4c3oc3ccc(-c5ccccc5)cc34)N2)C=C1. The van der Waals surface area contributed by atoms with Crippen molar-refractivity contribution in [2.24, 2.45) is 0 Å². The molecule has 4 aromatic carbocycles. The van der Waals surface area contributed by atoms with Crippen molar-refractivity contribution < 1.29 is 4.42 Å². The Balaban J connectivity index is 1.42. The van der Waals surface area contributed by atoms with Crippen LogP contribution in [0.5, 0.6) is 0 Å². The Morgan fingerprint density at radius 1 is 0.657 bits per heavy atom. The van der Waals surface area contributed by atoms with Crippen LogP contribution >= 0.6 is 0 Å². The quantitative estimate of drug-likeness (QED) is 0.297. The van der Waals surface area contributed by atoms with Gasteiger partial charge in [0.2, 0.25) is 0 Å². The van der Waals surface area contributed by atoms with E-state index in [0.717, 1.165) is 27.6 Å². The molecule has 7 rings (SSSR count). The number of rotatable bonds is 3. The van der Waals surface area contributed by atoms with E-state index in [0.29, 0.717) is 0 Å². The predicted octanol–water partition coefficient (Wildman–Crippen LogP) is 7.53. The van der Waals surface area contributed by atoms with Crippen LogP contribution in [0.3, 0.4) is 0 Å². The molecule has 0 aliphatic carbocycles. The molecule has 35 heavy (non-hydrogen) atoms. The predicted molar refractivity (Wildman–Crippen MR) is 145 cm³/mol. The first kappa shape index (κ1) is 19.9. The second-order valence-electron chi connectivity index (χ2n) is 9.08. The summed E-state index contributed by atoms with van der Waals surface area (Å²) in [6.07, 6.45) is 14.8. The molecule has 5 aromatic rings. The van der Waals surface area contributed by atoms with Gasteiger partial charge < -0.3 is 15.1 Å². The monoisotopic (exact) mass is 452 g/mol. The zero-order valence-corrected chi connectivity index (χ0v) is 19.1.